The fourth-order valence-corrected chi connectivity index (χ4v) is 3.40. The fourth-order valence-electron chi connectivity index (χ4n) is 3.40. The number of rotatable bonds is 1. The molecule has 5 aromatic rings. The molecule has 0 unspecified atom stereocenters. The molecule has 130 valence electrons. The minimum Gasteiger partial charge on any atom is -0.507 e. The van der Waals surface area contributed by atoms with E-state index in [1.54, 1.807) is 42.5 Å². The molecular formula is C22H12O5. The molecule has 0 bridgehead atoms. The van der Waals surface area contributed by atoms with Crippen LogP contribution < -0.4 is 11.3 Å². The predicted octanol–water partition coefficient (Wildman–Crippen LogP) is 4.43. The van der Waals surface area contributed by atoms with Gasteiger partial charge < -0.3 is 13.9 Å². The minimum atomic E-state index is -0.627. The molecular weight excluding hydrogens is 344 g/mol. The Morgan fingerprint density at radius 3 is 2.26 bits per heavy atom. The number of aromatic hydroxyl groups is 1. The van der Waals surface area contributed by atoms with Crippen LogP contribution in [0.1, 0.15) is 0 Å². The molecule has 0 fully saturated rings. The van der Waals surface area contributed by atoms with Gasteiger partial charge in [-0.25, -0.2) is 9.59 Å². The van der Waals surface area contributed by atoms with Gasteiger partial charge in [-0.15, -0.1) is 0 Å². The highest BCUT2D eigenvalue weighted by atomic mass is 16.4. The first-order valence-electron chi connectivity index (χ1n) is 8.34. The van der Waals surface area contributed by atoms with E-state index in [-0.39, 0.29) is 11.1 Å². The standard InChI is InChI=1S/C22H12O5/c23-17-11-13(15-9-12-5-1-3-7-18(12)26-21(15)24)10-16-14-6-2-4-8-19(14)27-22(25)20(16)17/h1-11,23H. The summed E-state index contributed by atoms with van der Waals surface area (Å²) < 4.78 is 10.7. The van der Waals surface area contributed by atoms with E-state index < -0.39 is 11.3 Å². The highest BCUT2D eigenvalue weighted by Gasteiger charge is 2.15. The number of phenolic OH excluding ortho intramolecular Hbond substituents is 1. The van der Waals surface area contributed by atoms with Crippen LogP contribution in [0.4, 0.5) is 0 Å². The van der Waals surface area contributed by atoms with Gasteiger partial charge in [0.15, 0.2) is 0 Å². The molecule has 5 heteroatoms. The summed E-state index contributed by atoms with van der Waals surface area (Å²) in [5.41, 5.74) is 0.538. The summed E-state index contributed by atoms with van der Waals surface area (Å²) in [5.74, 6) is -0.241. The average molecular weight is 356 g/mol. The zero-order valence-electron chi connectivity index (χ0n) is 13.9. The lowest BCUT2D eigenvalue weighted by molar-refractivity contribution is 0.478. The van der Waals surface area contributed by atoms with Crippen molar-refractivity contribution in [3.8, 4) is 16.9 Å². The summed E-state index contributed by atoms with van der Waals surface area (Å²) in [5, 5.41) is 12.5. The molecule has 0 radical (unpaired) electrons. The summed E-state index contributed by atoms with van der Waals surface area (Å²) in [6.07, 6.45) is 0. The maximum absolute atomic E-state index is 12.5. The number of hydrogen-bond acceptors (Lipinski definition) is 5. The molecule has 0 saturated heterocycles. The highest BCUT2D eigenvalue weighted by molar-refractivity contribution is 6.08. The first-order valence-corrected chi connectivity index (χ1v) is 8.34. The van der Waals surface area contributed by atoms with Crippen molar-refractivity contribution < 1.29 is 13.9 Å². The molecule has 5 nitrogen and oxygen atoms in total. The van der Waals surface area contributed by atoms with Crippen molar-refractivity contribution >= 4 is 32.7 Å². The summed E-state index contributed by atoms with van der Waals surface area (Å²) >= 11 is 0. The quantitative estimate of drug-likeness (QED) is 0.355. The molecule has 2 aromatic heterocycles. The Kier molecular flexibility index (Phi) is 3.18. The number of para-hydroxylation sites is 2. The van der Waals surface area contributed by atoms with Crippen LogP contribution in [0.3, 0.4) is 0 Å². The van der Waals surface area contributed by atoms with Crippen LogP contribution in [0.5, 0.6) is 5.75 Å². The molecule has 0 aliphatic rings. The molecule has 0 spiro atoms. The van der Waals surface area contributed by atoms with Crippen LogP contribution in [0, 0.1) is 0 Å². The van der Waals surface area contributed by atoms with Gasteiger partial charge in [0.1, 0.15) is 22.3 Å². The molecule has 0 atom stereocenters. The van der Waals surface area contributed by atoms with E-state index in [2.05, 4.69) is 0 Å². The van der Waals surface area contributed by atoms with Crippen molar-refractivity contribution in [1.29, 1.82) is 0 Å². The van der Waals surface area contributed by atoms with Crippen molar-refractivity contribution in [1.82, 2.24) is 0 Å². The molecule has 0 amide bonds. The molecule has 0 saturated carbocycles. The lowest BCUT2D eigenvalue weighted by Crippen LogP contribution is -2.04. The van der Waals surface area contributed by atoms with Crippen LogP contribution >= 0.6 is 0 Å². The largest absolute Gasteiger partial charge is 0.507 e. The van der Waals surface area contributed by atoms with E-state index in [1.165, 1.54) is 6.07 Å². The van der Waals surface area contributed by atoms with E-state index in [0.717, 1.165) is 5.39 Å². The third kappa shape index (κ3) is 2.33. The molecule has 0 aliphatic heterocycles. The van der Waals surface area contributed by atoms with Crippen molar-refractivity contribution in [3.63, 3.8) is 0 Å². The van der Waals surface area contributed by atoms with E-state index in [0.29, 0.717) is 33.1 Å². The molecule has 3 aromatic carbocycles. The van der Waals surface area contributed by atoms with Crippen molar-refractivity contribution in [3.05, 3.63) is 87.6 Å². The summed E-state index contributed by atoms with van der Waals surface area (Å²) in [4.78, 5) is 24.8. The van der Waals surface area contributed by atoms with Crippen molar-refractivity contribution in [2.24, 2.45) is 0 Å². The van der Waals surface area contributed by atoms with Crippen LogP contribution in [0.25, 0.3) is 43.8 Å². The lowest BCUT2D eigenvalue weighted by atomic mass is 9.99. The normalized spacial score (nSPS) is 11.4. The van der Waals surface area contributed by atoms with Gasteiger partial charge in [0.25, 0.3) is 0 Å². The third-order valence-electron chi connectivity index (χ3n) is 4.65. The van der Waals surface area contributed by atoms with Gasteiger partial charge in [-0.1, -0.05) is 36.4 Å². The van der Waals surface area contributed by atoms with Gasteiger partial charge in [-0.2, -0.15) is 0 Å². The maximum atomic E-state index is 12.5. The van der Waals surface area contributed by atoms with Gasteiger partial charge in [-0.05, 0) is 35.9 Å². The predicted molar refractivity (Wildman–Crippen MR) is 103 cm³/mol. The van der Waals surface area contributed by atoms with E-state index in [4.69, 9.17) is 8.83 Å². The second kappa shape index (κ2) is 5.57. The molecule has 27 heavy (non-hydrogen) atoms. The van der Waals surface area contributed by atoms with Crippen LogP contribution in [0.15, 0.2) is 85.2 Å². The molecule has 5 rings (SSSR count). The Balaban J connectivity index is 1.90. The number of hydrogen-bond donors (Lipinski definition) is 1. The Labute approximate surface area is 151 Å². The summed E-state index contributed by atoms with van der Waals surface area (Å²) in [7, 11) is 0. The van der Waals surface area contributed by atoms with E-state index >= 15 is 0 Å². The van der Waals surface area contributed by atoms with Gasteiger partial charge >= 0.3 is 11.3 Å². The van der Waals surface area contributed by atoms with Gasteiger partial charge in [0.05, 0.1) is 5.56 Å². The Morgan fingerprint density at radius 1 is 0.704 bits per heavy atom. The van der Waals surface area contributed by atoms with Crippen LogP contribution in [0.2, 0.25) is 0 Å². The molecule has 2 heterocycles. The maximum Gasteiger partial charge on any atom is 0.347 e. The number of phenols is 1. The number of benzene rings is 3. The first-order chi connectivity index (χ1) is 13.1. The summed E-state index contributed by atoms with van der Waals surface area (Å²) in [6, 6.07) is 19.1. The number of fused-ring (bicyclic) bond motifs is 4. The Bertz CT molecular complexity index is 1470. The van der Waals surface area contributed by atoms with E-state index in [9.17, 15) is 14.7 Å². The van der Waals surface area contributed by atoms with Gasteiger partial charge in [0, 0.05) is 16.2 Å². The summed E-state index contributed by atoms with van der Waals surface area (Å²) in [6.45, 7) is 0. The minimum absolute atomic E-state index is 0.0858. The topological polar surface area (TPSA) is 80.6 Å². The smallest absolute Gasteiger partial charge is 0.347 e. The average Bonchev–Trinajstić information content (AvgIpc) is 2.67. The highest BCUT2D eigenvalue weighted by Crippen LogP contribution is 2.33. The molecule has 0 aliphatic carbocycles. The van der Waals surface area contributed by atoms with Crippen LogP contribution in [-0.4, -0.2) is 5.11 Å². The van der Waals surface area contributed by atoms with Crippen molar-refractivity contribution in [2.45, 2.75) is 0 Å². The monoisotopic (exact) mass is 356 g/mol. The van der Waals surface area contributed by atoms with Crippen LogP contribution in [-0.2, 0) is 0 Å². The second-order valence-corrected chi connectivity index (χ2v) is 6.29. The second-order valence-electron chi connectivity index (χ2n) is 6.29. The lowest BCUT2D eigenvalue weighted by Gasteiger charge is -2.08. The van der Waals surface area contributed by atoms with Gasteiger partial charge in [-0.3, -0.25) is 0 Å². The molecule has 1 N–H and O–H groups in total. The zero-order chi connectivity index (χ0) is 18.5. The Hall–Kier alpha value is -3.86. The Morgan fingerprint density at radius 2 is 1.41 bits per heavy atom. The SMILES string of the molecule is O=c1oc2ccccc2cc1-c1cc(O)c2c(=O)oc3ccccc3c2c1. The van der Waals surface area contributed by atoms with Gasteiger partial charge in [0.2, 0.25) is 0 Å². The third-order valence-corrected chi connectivity index (χ3v) is 4.65. The first kappa shape index (κ1) is 15.4. The van der Waals surface area contributed by atoms with E-state index in [1.807, 2.05) is 18.2 Å². The fraction of sp³-hybridized carbons (Fsp3) is 0. The van der Waals surface area contributed by atoms with Crippen molar-refractivity contribution in [2.75, 3.05) is 0 Å². The zero-order valence-corrected chi connectivity index (χ0v) is 13.9.